The number of carbonyl (C=O) groups is 2. The first kappa shape index (κ1) is 17.8. The second-order valence-corrected chi connectivity index (χ2v) is 7.09. The maximum atomic E-state index is 12.3. The van der Waals surface area contributed by atoms with Crippen LogP contribution in [0, 0.1) is 0 Å². The van der Waals surface area contributed by atoms with Gasteiger partial charge in [-0.3, -0.25) is 4.79 Å². The number of urea groups is 1. The van der Waals surface area contributed by atoms with Gasteiger partial charge in [0.1, 0.15) is 5.54 Å². The van der Waals surface area contributed by atoms with Crippen LogP contribution in [0.2, 0.25) is 4.34 Å². The molecule has 0 fully saturated rings. The van der Waals surface area contributed by atoms with Crippen molar-refractivity contribution >= 4 is 34.9 Å². The highest BCUT2D eigenvalue weighted by Gasteiger charge is 2.30. The van der Waals surface area contributed by atoms with Crippen LogP contribution < -0.4 is 16.0 Å². The number of halogens is 1. The quantitative estimate of drug-likeness (QED) is 0.749. The molecule has 0 unspecified atom stereocenters. The molecule has 1 aromatic rings. The summed E-state index contributed by atoms with van der Waals surface area (Å²) in [5.74, 6) is -0.244. The van der Waals surface area contributed by atoms with Gasteiger partial charge in [-0.1, -0.05) is 18.5 Å². The minimum absolute atomic E-state index is 0.158. The Hall–Kier alpha value is -1.27. The molecule has 0 aliphatic heterocycles. The van der Waals surface area contributed by atoms with Crippen molar-refractivity contribution in [3.63, 3.8) is 0 Å². The fourth-order valence-corrected chi connectivity index (χ4v) is 2.70. The molecule has 118 valence electrons. The second kappa shape index (κ2) is 7.66. The third kappa shape index (κ3) is 5.55. The van der Waals surface area contributed by atoms with Gasteiger partial charge in [0, 0.05) is 11.4 Å². The highest BCUT2D eigenvalue weighted by molar-refractivity contribution is 7.16. The Kier molecular flexibility index (Phi) is 6.48. The van der Waals surface area contributed by atoms with Crippen LogP contribution in [0.5, 0.6) is 0 Å². The van der Waals surface area contributed by atoms with Crippen molar-refractivity contribution in [2.75, 3.05) is 6.54 Å². The lowest BCUT2D eigenvalue weighted by molar-refractivity contribution is -0.126. The molecule has 0 bridgehead atoms. The van der Waals surface area contributed by atoms with Crippen LogP contribution in [-0.2, 0) is 4.79 Å². The zero-order valence-corrected chi connectivity index (χ0v) is 14.3. The summed E-state index contributed by atoms with van der Waals surface area (Å²) in [5, 5.41) is 8.24. The summed E-state index contributed by atoms with van der Waals surface area (Å²) in [6.45, 7) is 7.76. The zero-order valence-electron chi connectivity index (χ0n) is 12.7. The Balaban J connectivity index is 2.58. The van der Waals surface area contributed by atoms with Crippen molar-refractivity contribution in [1.82, 2.24) is 16.0 Å². The molecule has 1 atom stereocenters. The molecule has 0 saturated carbocycles. The Bertz CT molecular complexity index is 502. The van der Waals surface area contributed by atoms with Crippen molar-refractivity contribution < 1.29 is 9.59 Å². The Morgan fingerprint density at radius 1 is 1.38 bits per heavy atom. The van der Waals surface area contributed by atoms with E-state index in [4.69, 9.17) is 11.6 Å². The standard InChI is InChI=1S/C14H22ClN3O2S/c1-5-8-16-13(20)18-14(3,4)12(19)17-9(2)10-6-7-11(15)21-10/h6-7,9H,5,8H2,1-4H3,(H,17,19)(H2,16,18,20)/t9-/m1/s1. The lowest BCUT2D eigenvalue weighted by Crippen LogP contribution is -2.57. The molecule has 0 spiro atoms. The minimum atomic E-state index is -0.993. The molecule has 0 aliphatic rings. The van der Waals surface area contributed by atoms with E-state index in [-0.39, 0.29) is 18.0 Å². The number of rotatable bonds is 6. The number of amides is 3. The fourth-order valence-electron chi connectivity index (χ4n) is 1.63. The molecule has 5 nitrogen and oxygen atoms in total. The number of nitrogens with one attached hydrogen (secondary N) is 3. The molecule has 0 aliphatic carbocycles. The minimum Gasteiger partial charge on any atom is -0.347 e. The maximum Gasteiger partial charge on any atom is 0.315 e. The molecule has 0 aromatic carbocycles. The topological polar surface area (TPSA) is 70.2 Å². The van der Waals surface area contributed by atoms with E-state index < -0.39 is 5.54 Å². The second-order valence-electron chi connectivity index (χ2n) is 5.34. The van der Waals surface area contributed by atoms with Crippen LogP contribution in [0.1, 0.15) is 45.0 Å². The molecular weight excluding hydrogens is 310 g/mol. The number of hydrogen-bond donors (Lipinski definition) is 3. The number of hydrogen-bond acceptors (Lipinski definition) is 3. The third-order valence-electron chi connectivity index (χ3n) is 2.90. The van der Waals surface area contributed by atoms with E-state index in [9.17, 15) is 9.59 Å². The van der Waals surface area contributed by atoms with E-state index in [0.717, 1.165) is 11.3 Å². The molecule has 0 radical (unpaired) electrons. The molecule has 21 heavy (non-hydrogen) atoms. The first-order chi connectivity index (χ1) is 9.76. The van der Waals surface area contributed by atoms with Crippen molar-refractivity contribution in [2.24, 2.45) is 0 Å². The van der Waals surface area contributed by atoms with Crippen LogP contribution in [-0.4, -0.2) is 24.0 Å². The number of carbonyl (C=O) groups excluding carboxylic acids is 2. The van der Waals surface area contributed by atoms with Gasteiger partial charge in [0.25, 0.3) is 0 Å². The Morgan fingerprint density at radius 2 is 2.05 bits per heavy atom. The summed E-state index contributed by atoms with van der Waals surface area (Å²) in [7, 11) is 0. The average molecular weight is 332 g/mol. The van der Waals surface area contributed by atoms with Crippen molar-refractivity contribution in [3.8, 4) is 0 Å². The summed E-state index contributed by atoms with van der Waals surface area (Å²) < 4.78 is 0.683. The highest BCUT2D eigenvalue weighted by atomic mass is 35.5. The SMILES string of the molecule is CCCNC(=O)NC(C)(C)C(=O)N[C@H](C)c1ccc(Cl)s1. The molecule has 1 rings (SSSR count). The highest BCUT2D eigenvalue weighted by Crippen LogP contribution is 2.26. The fraction of sp³-hybridized carbons (Fsp3) is 0.571. The number of thiophene rings is 1. The van der Waals surface area contributed by atoms with E-state index in [1.807, 2.05) is 19.9 Å². The van der Waals surface area contributed by atoms with E-state index in [1.165, 1.54) is 11.3 Å². The van der Waals surface area contributed by atoms with Crippen molar-refractivity contribution in [1.29, 1.82) is 0 Å². The van der Waals surface area contributed by atoms with Gasteiger partial charge in [0.05, 0.1) is 10.4 Å². The van der Waals surface area contributed by atoms with Gasteiger partial charge in [0.15, 0.2) is 0 Å². The smallest absolute Gasteiger partial charge is 0.315 e. The van der Waals surface area contributed by atoms with E-state index in [2.05, 4.69) is 16.0 Å². The van der Waals surface area contributed by atoms with Crippen LogP contribution in [0.3, 0.4) is 0 Å². The first-order valence-corrected chi connectivity index (χ1v) is 8.08. The summed E-state index contributed by atoms with van der Waals surface area (Å²) in [6.07, 6.45) is 0.843. The molecule has 1 heterocycles. The van der Waals surface area contributed by atoms with Gasteiger partial charge >= 0.3 is 6.03 Å². The van der Waals surface area contributed by atoms with Gasteiger partial charge in [-0.05, 0) is 39.3 Å². The average Bonchev–Trinajstić information content (AvgIpc) is 2.82. The summed E-state index contributed by atoms with van der Waals surface area (Å²) in [5.41, 5.74) is -0.993. The van der Waals surface area contributed by atoms with Crippen LogP contribution >= 0.6 is 22.9 Å². The summed E-state index contributed by atoms with van der Waals surface area (Å²) in [4.78, 5) is 24.9. The third-order valence-corrected chi connectivity index (χ3v) is 4.31. The van der Waals surface area contributed by atoms with Gasteiger partial charge < -0.3 is 16.0 Å². The van der Waals surface area contributed by atoms with Crippen LogP contribution in [0.25, 0.3) is 0 Å². The molecule has 0 saturated heterocycles. The summed E-state index contributed by atoms with van der Waals surface area (Å²) in [6, 6.07) is 3.18. The molecular formula is C14H22ClN3O2S. The predicted octanol–water partition coefficient (Wildman–Crippen LogP) is 3.07. The van der Waals surface area contributed by atoms with Gasteiger partial charge in [0.2, 0.25) is 5.91 Å². The maximum absolute atomic E-state index is 12.3. The zero-order chi connectivity index (χ0) is 16.0. The van der Waals surface area contributed by atoms with Crippen molar-refractivity contribution in [3.05, 3.63) is 21.3 Å². The van der Waals surface area contributed by atoms with Crippen LogP contribution in [0.15, 0.2) is 12.1 Å². The molecule has 3 N–H and O–H groups in total. The normalized spacial score (nSPS) is 12.6. The van der Waals surface area contributed by atoms with Gasteiger partial charge in [-0.25, -0.2) is 4.79 Å². The van der Waals surface area contributed by atoms with E-state index >= 15 is 0 Å². The predicted molar refractivity (Wildman–Crippen MR) is 86.8 cm³/mol. The van der Waals surface area contributed by atoms with E-state index in [1.54, 1.807) is 19.9 Å². The first-order valence-electron chi connectivity index (χ1n) is 6.88. The Morgan fingerprint density at radius 3 is 2.57 bits per heavy atom. The molecule has 7 heteroatoms. The summed E-state index contributed by atoms with van der Waals surface area (Å²) >= 11 is 7.31. The Labute approximate surface area is 134 Å². The van der Waals surface area contributed by atoms with E-state index in [0.29, 0.717) is 10.9 Å². The van der Waals surface area contributed by atoms with Gasteiger partial charge in [-0.15, -0.1) is 11.3 Å². The van der Waals surface area contributed by atoms with Gasteiger partial charge in [-0.2, -0.15) is 0 Å². The molecule has 3 amide bonds. The van der Waals surface area contributed by atoms with Crippen LogP contribution in [0.4, 0.5) is 4.79 Å². The lowest BCUT2D eigenvalue weighted by atomic mass is 10.0. The lowest BCUT2D eigenvalue weighted by Gasteiger charge is -2.27. The largest absolute Gasteiger partial charge is 0.347 e. The molecule has 1 aromatic heterocycles. The van der Waals surface area contributed by atoms with Crippen molar-refractivity contribution in [2.45, 2.75) is 45.7 Å². The monoisotopic (exact) mass is 331 g/mol.